The molecule has 1 N–H and O–H groups in total. The molecule has 0 saturated carbocycles. The molecule has 0 amide bonds. The van der Waals surface area contributed by atoms with Crippen molar-refractivity contribution in [3.8, 4) is 0 Å². The predicted octanol–water partition coefficient (Wildman–Crippen LogP) is 3.25. The second kappa shape index (κ2) is 4.86. The SMILES string of the molecule is Cn1c(C(C)(O)c2ccccc2)c(C=O)c2ccccc21. The molecule has 0 bridgehead atoms. The number of hydrogen-bond donors (Lipinski definition) is 1. The Balaban J connectivity index is 2.34. The number of nitrogens with zero attached hydrogens (tertiary/aromatic N) is 1. The van der Waals surface area contributed by atoms with Gasteiger partial charge in [-0.2, -0.15) is 0 Å². The summed E-state index contributed by atoms with van der Waals surface area (Å²) in [6.07, 6.45) is 0.828. The molecule has 3 rings (SSSR count). The summed E-state index contributed by atoms with van der Waals surface area (Å²) in [6, 6.07) is 17.1. The second-order valence-corrected chi connectivity index (χ2v) is 5.39. The van der Waals surface area contributed by atoms with E-state index in [1.54, 1.807) is 6.92 Å². The fourth-order valence-electron chi connectivity index (χ4n) is 3.03. The van der Waals surface area contributed by atoms with Gasteiger partial charge < -0.3 is 9.67 Å². The van der Waals surface area contributed by atoms with E-state index in [-0.39, 0.29) is 0 Å². The number of aromatic nitrogens is 1. The van der Waals surface area contributed by atoms with Crippen LogP contribution in [0.3, 0.4) is 0 Å². The number of aliphatic hydroxyl groups is 1. The van der Waals surface area contributed by atoms with Crippen LogP contribution < -0.4 is 0 Å². The molecule has 21 heavy (non-hydrogen) atoms. The van der Waals surface area contributed by atoms with Crippen LogP contribution >= 0.6 is 0 Å². The quantitative estimate of drug-likeness (QED) is 0.748. The first kappa shape index (κ1) is 13.6. The summed E-state index contributed by atoms with van der Waals surface area (Å²) >= 11 is 0. The van der Waals surface area contributed by atoms with E-state index in [4.69, 9.17) is 0 Å². The van der Waals surface area contributed by atoms with Crippen LogP contribution in [0.25, 0.3) is 10.9 Å². The molecule has 3 aromatic rings. The summed E-state index contributed by atoms with van der Waals surface area (Å²) in [7, 11) is 1.88. The highest BCUT2D eigenvalue weighted by Gasteiger charge is 2.32. The molecule has 0 aliphatic rings. The zero-order chi connectivity index (χ0) is 15.0. The van der Waals surface area contributed by atoms with Crippen LogP contribution in [0, 0.1) is 0 Å². The smallest absolute Gasteiger partial charge is 0.152 e. The first-order valence-electron chi connectivity index (χ1n) is 6.88. The lowest BCUT2D eigenvalue weighted by molar-refractivity contribution is 0.0915. The first-order chi connectivity index (χ1) is 10.1. The average Bonchev–Trinajstić information content (AvgIpc) is 2.81. The number of aldehydes is 1. The van der Waals surface area contributed by atoms with Gasteiger partial charge >= 0.3 is 0 Å². The summed E-state index contributed by atoms with van der Waals surface area (Å²) in [5, 5.41) is 11.9. The largest absolute Gasteiger partial charge is 0.379 e. The normalized spacial score (nSPS) is 14.0. The van der Waals surface area contributed by atoms with Crippen molar-refractivity contribution in [3.05, 3.63) is 71.4 Å². The fourth-order valence-corrected chi connectivity index (χ4v) is 3.03. The Morgan fingerprint density at radius 3 is 2.33 bits per heavy atom. The van der Waals surface area contributed by atoms with Gasteiger partial charge in [-0.1, -0.05) is 48.5 Å². The minimum atomic E-state index is -1.23. The molecule has 1 aromatic heterocycles. The number of benzene rings is 2. The number of aryl methyl sites for hydroxylation is 1. The van der Waals surface area contributed by atoms with Crippen LogP contribution in [0.15, 0.2) is 54.6 Å². The number of hydrogen-bond acceptors (Lipinski definition) is 2. The van der Waals surface area contributed by atoms with Crippen molar-refractivity contribution in [1.82, 2.24) is 4.57 Å². The zero-order valence-corrected chi connectivity index (χ0v) is 12.1. The van der Waals surface area contributed by atoms with E-state index in [0.717, 1.165) is 22.8 Å². The van der Waals surface area contributed by atoms with E-state index in [1.807, 2.05) is 66.2 Å². The van der Waals surface area contributed by atoms with Crippen molar-refractivity contribution in [2.24, 2.45) is 7.05 Å². The summed E-state index contributed by atoms with van der Waals surface area (Å²) in [4.78, 5) is 11.6. The Hall–Kier alpha value is -2.39. The van der Waals surface area contributed by atoms with E-state index in [2.05, 4.69) is 0 Å². The van der Waals surface area contributed by atoms with Gasteiger partial charge in [0, 0.05) is 23.5 Å². The highest BCUT2D eigenvalue weighted by atomic mass is 16.3. The Morgan fingerprint density at radius 2 is 1.67 bits per heavy atom. The van der Waals surface area contributed by atoms with Gasteiger partial charge in [-0.25, -0.2) is 0 Å². The number of carbonyl (C=O) groups excluding carboxylic acids is 1. The second-order valence-electron chi connectivity index (χ2n) is 5.39. The third-order valence-electron chi connectivity index (χ3n) is 4.06. The topological polar surface area (TPSA) is 42.2 Å². The molecule has 2 aromatic carbocycles. The van der Waals surface area contributed by atoms with Crippen molar-refractivity contribution in [2.45, 2.75) is 12.5 Å². The molecule has 1 atom stereocenters. The monoisotopic (exact) mass is 279 g/mol. The van der Waals surface area contributed by atoms with E-state index < -0.39 is 5.60 Å². The summed E-state index contributed by atoms with van der Waals surface area (Å²) in [6.45, 7) is 1.73. The van der Waals surface area contributed by atoms with Gasteiger partial charge in [0.25, 0.3) is 0 Å². The maximum absolute atomic E-state index is 11.6. The molecule has 0 aliphatic carbocycles. The maximum atomic E-state index is 11.6. The van der Waals surface area contributed by atoms with E-state index in [1.165, 1.54) is 0 Å². The van der Waals surface area contributed by atoms with E-state index in [0.29, 0.717) is 11.3 Å². The highest BCUT2D eigenvalue weighted by Crippen LogP contribution is 2.35. The van der Waals surface area contributed by atoms with Gasteiger partial charge in [0.1, 0.15) is 5.60 Å². The molecular weight excluding hydrogens is 262 g/mol. The highest BCUT2D eigenvalue weighted by molar-refractivity contribution is 6.00. The third kappa shape index (κ3) is 1.98. The Bertz CT molecular complexity index is 801. The molecular formula is C18H17NO2. The average molecular weight is 279 g/mol. The van der Waals surface area contributed by atoms with Crippen molar-refractivity contribution in [1.29, 1.82) is 0 Å². The minimum Gasteiger partial charge on any atom is -0.379 e. The number of carbonyl (C=O) groups is 1. The molecule has 0 aliphatic heterocycles. The van der Waals surface area contributed by atoms with Gasteiger partial charge in [-0.05, 0) is 18.6 Å². The van der Waals surface area contributed by atoms with Gasteiger partial charge in [-0.15, -0.1) is 0 Å². The van der Waals surface area contributed by atoms with Crippen LogP contribution in [0.2, 0.25) is 0 Å². The zero-order valence-electron chi connectivity index (χ0n) is 12.1. The predicted molar refractivity (Wildman–Crippen MR) is 83.4 cm³/mol. The lowest BCUT2D eigenvalue weighted by atomic mass is 9.90. The van der Waals surface area contributed by atoms with Gasteiger partial charge in [0.05, 0.1) is 5.69 Å². The van der Waals surface area contributed by atoms with Crippen molar-refractivity contribution in [2.75, 3.05) is 0 Å². The number of fused-ring (bicyclic) bond motifs is 1. The van der Waals surface area contributed by atoms with Crippen LogP contribution in [0.5, 0.6) is 0 Å². The minimum absolute atomic E-state index is 0.543. The van der Waals surface area contributed by atoms with Crippen LogP contribution in [0.4, 0.5) is 0 Å². The summed E-state index contributed by atoms with van der Waals surface area (Å²) < 4.78 is 1.89. The van der Waals surface area contributed by atoms with E-state index in [9.17, 15) is 9.90 Å². The molecule has 3 heteroatoms. The lowest BCUT2D eigenvalue weighted by Gasteiger charge is -2.26. The molecule has 106 valence electrons. The van der Waals surface area contributed by atoms with Gasteiger partial charge in [0.15, 0.2) is 6.29 Å². The molecule has 0 fully saturated rings. The third-order valence-corrected chi connectivity index (χ3v) is 4.06. The van der Waals surface area contributed by atoms with E-state index >= 15 is 0 Å². The van der Waals surface area contributed by atoms with Crippen LogP contribution in [-0.4, -0.2) is 16.0 Å². The first-order valence-corrected chi connectivity index (χ1v) is 6.88. The molecule has 0 saturated heterocycles. The number of para-hydroxylation sites is 1. The van der Waals surface area contributed by atoms with Crippen molar-refractivity contribution < 1.29 is 9.90 Å². The molecule has 0 spiro atoms. The van der Waals surface area contributed by atoms with Crippen LogP contribution in [-0.2, 0) is 12.6 Å². The maximum Gasteiger partial charge on any atom is 0.152 e. The fraction of sp³-hybridized carbons (Fsp3) is 0.167. The molecule has 1 heterocycles. The Labute approximate surface area is 123 Å². The van der Waals surface area contributed by atoms with Crippen LogP contribution in [0.1, 0.15) is 28.5 Å². The Morgan fingerprint density at radius 1 is 1.05 bits per heavy atom. The molecule has 3 nitrogen and oxygen atoms in total. The molecule has 1 unspecified atom stereocenters. The standard InChI is InChI=1S/C18H17NO2/c1-18(21,13-8-4-3-5-9-13)17-15(12-20)14-10-6-7-11-16(14)19(17)2/h3-12,21H,1-2H3. The summed E-state index contributed by atoms with van der Waals surface area (Å²) in [5.41, 5.74) is 1.63. The van der Waals surface area contributed by atoms with Gasteiger partial charge in [0.2, 0.25) is 0 Å². The number of rotatable bonds is 3. The summed E-state index contributed by atoms with van der Waals surface area (Å²) in [5.74, 6) is 0. The van der Waals surface area contributed by atoms with Gasteiger partial charge in [-0.3, -0.25) is 4.79 Å². The van der Waals surface area contributed by atoms with Crippen molar-refractivity contribution >= 4 is 17.2 Å². The van der Waals surface area contributed by atoms with Crippen molar-refractivity contribution in [3.63, 3.8) is 0 Å². The molecule has 0 radical (unpaired) electrons. The lowest BCUT2D eigenvalue weighted by Crippen LogP contribution is -2.27. The Kier molecular flexibility index (Phi) is 3.15.